The fourth-order valence-corrected chi connectivity index (χ4v) is 3.38. The third-order valence-corrected chi connectivity index (χ3v) is 4.92. The van der Waals surface area contributed by atoms with E-state index in [0.717, 1.165) is 5.56 Å². The van der Waals surface area contributed by atoms with Gasteiger partial charge in [0.2, 0.25) is 15.9 Å². The van der Waals surface area contributed by atoms with E-state index in [1.165, 1.54) is 32.2 Å². The van der Waals surface area contributed by atoms with Gasteiger partial charge in [0.05, 0.1) is 24.3 Å². The molecule has 8 heteroatoms. The van der Waals surface area contributed by atoms with E-state index in [1.54, 1.807) is 12.1 Å². The molecule has 0 aliphatic carbocycles. The number of amides is 1. The third kappa shape index (κ3) is 4.96. The Morgan fingerprint density at radius 3 is 2.50 bits per heavy atom. The highest BCUT2D eigenvalue weighted by Gasteiger charge is 2.17. The van der Waals surface area contributed by atoms with Crippen LogP contribution in [0.2, 0.25) is 0 Å². The van der Waals surface area contributed by atoms with E-state index >= 15 is 0 Å². The van der Waals surface area contributed by atoms with Crippen LogP contribution >= 0.6 is 0 Å². The first-order valence-electron chi connectivity index (χ1n) is 8.03. The minimum absolute atomic E-state index is 0.0240. The summed E-state index contributed by atoms with van der Waals surface area (Å²) >= 11 is 0. The number of carbonyl (C=O) groups is 1. The van der Waals surface area contributed by atoms with Crippen molar-refractivity contribution in [3.05, 3.63) is 48.0 Å². The number of sulfonamides is 1. The van der Waals surface area contributed by atoms with Crippen LogP contribution in [0.5, 0.6) is 11.5 Å². The first-order valence-corrected chi connectivity index (χ1v) is 9.51. The summed E-state index contributed by atoms with van der Waals surface area (Å²) in [6.45, 7) is 3.77. The van der Waals surface area contributed by atoms with Crippen molar-refractivity contribution in [1.29, 1.82) is 0 Å². The van der Waals surface area contributed by atoms with E-state index in [9.17, 15) is 13.2 Å². The summed E-state index contributed by atoms with van der Waals surface area (Å²) in [7, 11) is -2.34. The lowest BCUT2D eigenvalue weighted by Crippen LogP contribution is -2.24. The van der Waals surface area contributed by atoms with Crippen molar-refractivity contribution in [2.75, 3.05) is 19.0 Å². The highest BCUT2D eigenvalue weighted by Crippen LogP contribution is 2.27. The lowest BCUT2D eigenvalue weighted by Gasteiger charge is -2.13. The molecule has 0 saturated heterocycles. The molecule has 26 heavy (non-hydrogen) atoms. The van der Waals surface area contributed by atoms with Gasteiger partial charge < -0.3 is 14.8 Å². The maximum Gasteiger partial charge on any atom is 0.240 e. The largest absolute Gasteiger partial charge is 0.495 e. The second kappa shape index (κ2) is 8.68. The molecule has 1 amide bonds. The molecular weight excluding hydrogens is 356 g/mol. The zero-order valence-electron chi connectivity index (χ0n) is 14.9. The molecule has 140 valence electrons. The molecule has 0 unspecified atom stereocenters. The number of hydrogen-bond acceptors (Lipinski definition) is 5. The topological polar surface area (TPSA) is 93.7 Å². The summed E-state index contributed by atoms with van der Waals surface area (Å²) in [6.07, 6.45) is 0. The Bertz CT molecular complexity index is 881. The molecule has 2 rings (SSSR count). The van der Waals surface area contributed by atoms with Crippen LogP contribution in [0.4, 0.5) is 5.69 Å². The third-order valence-electron chi connectivity index (χ3n) is 3.52. The number of para-hydroxylation sites is 1. The maximum absolute atomic E-state index is 12.6. The first kappa shape index (κ1) is 19.7. The number of nitrogens with one attached hydrogen (secondary N) is 2. The van der Waals surface area contributed by atoms with Gasteiger partial charge in [-0.15, -0.1) is 0 Å². The molecule has 0 aliphatic heterocycles. The van der Waals surface area contributed by atoms with Gasteiger partial charge in [0.25, 0.3) is 0 Å². The molecule has 0 aliphatic rings. The normalized spacial score (nSPS) is 11.0. The van der Waals surface area contributed by atoms with Crippen molar-refractivity contribution in [3.8, 4) is 11.5 Å². The van der Waals surface area contributed by atoms with Crippen LogP contribution in [0, 0.1) is 0 Å². The van der Waals surface area contributed by atoms with Gasteiger partial charge in [-0.2, -0.15) is 0 Å². The summed E-state index contributed by atoms with van der Waals surface area (Å²) in [5.74, 6) is 0.684. The summed E-state index contributed by atoms with van der Waals surface area (Å²) in [6, 6.07) is 11.5. The van der Waals surface area contributed by atoms with Crippen LogP contribution < -0.4 is 19.5 Å². The minimum Gasteiger partial charge on any atom is -0.495 e. The van der Waals surface area contributed by atoms with E-state index in [4.69, 9.17) is 9.47 Å². The van der Waals surface area contributed by atoms with Crippen molar-refractivity contribution < 1.29 is 22.7 Å². The van der Waals surface area contributed by atoms with E-state index in [1.807, 2.05) is 19.1 Å². The monoisotopic (exact) mass is 378 g/mol. The van der Waals surface area contributed by atoms with Gasteiger partial charge >= 0.3 is 0 Å². The highest BCUT2D eigenvalue weighted by molar-refractivity contribution is 7.89. The maximum atomic E-state index is 12.6. The summed E-state index contributed by atoms with van der Waals surface area (Å²) in [5, 5.41) is 2.56. The average Bonchev–Trinajstić information content (AvgIpc) is 2.61. The van der Waals surface area contributed by atoms with Crippen LogP contribution in [0.1, 0.15) is 19.4 Å². The zero-order valence-corrected chi connectivity index (χ0v) is 15.7. The molecule has 2 aromatic rings. The molecule has 0 saturated carbocycles. The van der Waals surface area contributed by atoms with Crippen LogP contribution in [0.25, 0.3) is 0 Å². The molecule has 0 fully saturated rings. The number of benzene rings is 2. The number of carbonyl (C=O) groups excluding carboxylic acids is 1. The quantitative estimate of drug-likeness (QED) is 0.736. The molecular formula is C18H22N2O5S. The van der Waals surface area contributed by atoms with Crippen molar-refractivity contribution in [1.82, 2.24) is 4.72 Å². The van der Waals surface area contributed by atoms with Crippen molar-refractivity contribution in [2.45, 2.75) is 25.3 Å². The summed E-state index contributed by atoms with van der Waals surface area (Å²) in [5.41, 5.74) is 1.02. The smallest absolute Gasteiger partial charge is 0.240 e. The highest BCUT2D eigenvalue weighted by atomic mass is 32.2. The van der Waals surface area contributed by atoms with Crippen LogP contribution in [0.15, 0.2) is 47.4 Å². The zero-order chi connectivity index (χ0) is 19.2. The number of anilines is 1. The van der Waals surface area contributed by atoms with E-state index in [2.05, 4.69) is 10.0 Å². The Balaban J connectivity index is 2.24. The van der Waals surface area contributed by atoms with Gasteiger partial charge in [0, 0.05) is 19.0 Å². The summed E-state index contributed by atoms with van der Waals surface area (Å²) < 4.78 is 38.4. The fourth-order valence-electron chi connectivity index (χ4n) is 2.34. The second-order valence-corrected chi connectivity index (χ2v) is 7.18. The summed E-state index contributed by atoms with van der Waals surface area (Å²) in [4.78, 5) is 11.3. The minimum atomic E-state index is -3.79. The van der Waals surface area contributed by atoms with E-state index < -0.39 is 10.0 Å². The second-order valence-electron chi connectivity index (χ2n) is 5.41. The van der Waals surface area contributed by atoms with Gasteiger partial charge in [-0.1, -0.05) is 18.2 Å². The van der Waals surface area contributed by atoms with Crippen LogP contribution in [-0.4, -0.2) is 28.0 Å². The van der Waals surface area contributed by atoms with Crippen LogP contribution in [0.3, 0.4) is 0 Å². The van der Waals surface area contributed by atoms with Gasteiger partial charge in [-0.05, 0) is 31.2 Å². The van der Waals surface area contributed by atoms with Gasteiger partial charge in [-0.25, -0.2) is 13.1 Å². The predicted molar refractivity (Wildman–Crippen MR) is 98.9 cm³/mol. The molecule has 7 nitrogen and oxygen atoms in total. The molecule has 0 aromatic heterocycles. The number of hydrogen-bond donors (Lipinski definition) is 2. The Morgan fingerprint density at radius 1 is 1.12 bits per heavy atom. The molecule has 0 atom stereocenters. The SMILES string of the molecule is CCOc1ccccc1CNS(=O)(=O)c1ccc(OC)c(NC(C)=O)c1. The van der Waals surface area contributed by atoms with Crippen molar-refractivity contribution in [2.24, 2.45) is 0 Å². The number of methoxy groups -OCH3 is 1. The number of ether oxygens (including phenoxy) is 2. The van der Waals surface area contributed by atoms with Crippen molar-refractivity contribution in [3.63, 3.8) is 0 Å². The molecule has 0 spiro atoms. The average molecular weight is 378 g/mol. The number of rotatable bonds is 8. The Morgan fingerprint density at radius 2 is 1.85 bits per heavy atom. The predicted octanol–water partition coefficient (Wildman–Crippen LogP) is 2.53. The van der Waals surface area contributed by atoms with Gasteiger partial charge in [0.15, 0.2) is 0 Å². The Labute approximate surface area is 153 Å². The Kier molecular flexibility index (Phi) is 6.59. The van der Waals surface area contributed by atoms with Crippen molar-refractivity contribution >= 4 is 21.6 Å². The lowest BCUT2D eigenvalue weighted by molar-refractivity contribution is -0.114. The molecule has 0 radical (unpaired) electrons. The molecule has 2 aromatic carbocycles. The van der Waals surface area contributed by atoms with Crippen LogP contribution in [-0.2, 0) is 21.4 Å². The van der Waals surface area contributed by atoms with E-state index in [0.29, 0.717) is 18.1 Å². The molecule has 0 heterocycles. The Hall–Kier alpha value is -2.58. The molecule has 2 N–H and O–H groups in total. The lowest BCUT2D eigenvalue weighted by atomic mass is 10.2. The van der Waals surface area contributed by atoms with E-state index in [-0.39, 0.29) is 23.0 Å². The van der Waals surface area contributed by atoms with Gasteiger partial charge in [0.1, 0.15) is 11.5 Å². The molecule has 0 bridgehead atoms. The standard InChI is InChI=1S/C18H22N2O5S/c1-4-25-17-8-6-5-7-14(17)12-19-26(22,23)15-9-10-18(24-3)16(11-15)20-13(2)21/h5-11,19H,4,12H2,1-3H3,(H,20,21). The fraction of sp³-hybridized carbons (Fsp3) is 0.278. The first-order chi connectivity index (χ1) is 12.4. The van der Waals surface area contributed by atoms with Gasteiger partial charge in [-0.3, -0.25) is 4.79 Å².